The predicted octanol–water partition coefficient (Wildman–Crippen LogP) is 1.46. The van der Waals surface area contributed by atoms with Crippen LogP contribution in [0, 0.1) is 0 Å². The number of carboxylic acid groups (broad SMARTS) is 1. The number of halogens is 3. The topological polar surface area (TPSA) is 58.9 Å². The molecule has 0 saturated heterocycles. The molecule has 0 spiro atoms. The highest BCUT2D eigenvalue weighted by Crippen LogP contribution is 2.13. The highest BCUT2D eigenvalue weighted by molar-refractivity contribution is 5.76. The van der Waals surface area contributed by atoms with Crippen LogP contribution in [-0.2, 0) is 9.53 Å². The van der Waals surface area contributed by atoms with E-state index < -0.39 is 12.1 Å². The van der Waals surface area contributed by atoms with E-state index in [-0.39, 0.29) is 0 Å². The van der Waals surface area contributed by atoms with Crippen LogP contribution in [0.4, 0.5) is 13.2 Å². The third-order valence-electron chi connectivity index (χ3n) is 1.19. The molecule has 1 aliphatic heterocycles. The van der Waals surface area contributed by atoms with E-state index >= 15 is 0 Å². The summed E-state index contributed by atoms with van der Waals surface area (Å²) >= 11 is 0. The first-order valence-corrected chi connectivity index (χ1v) is 3.84. The maximum Gasteiger partial charge on any atom is 0.490 e. The van der Waals surface area contributed by atoms with Crippen molar-refractivity contribution >= 4 is 11.9 Å². The number of ether oxygens (including phenoxy) is 1. The van der Waals surface area contributed by atoms with Gasteiger partial charge in [-0.25, -0.2) is 4.79 Å². The van der Waals surface area contributed by atoms with Gasteiger partial charge >= 0.3 is 12.1 Å². The zero-order valence-electron chi connectivity index (χ0n) is 7.47. The summed E-state index contributed by atoms with van der Waals surface area (Å²) in [5.41, 5.74) is 0. The smallest absolute Gasteiger partial charge is 0.479 e. The second kappa shape index (κ2) is 5.46. The summed E-state index contributed by atoms with van der Waals surface area (Å²) < 4.78 is 36.8. The summed E-state index contributed by atoms with van der Waals surface area (Å²) in [5, 5.41) is 7.12. The van der Waals surface area contributed by atoms with E-state index in [2.05, 4.69) is 4.99 Å². The van der Waals surface area contributed by atoms with Crippen molar-refractivity contribution in [3.8, 4) is 0 Å². The van der Waals surface area contributed by atoms with Gasteiger partial charge in [-0.2, -0.15) is 13.2 Å². The Labute approximate surface area is 78.4 Å². The summed E-state index contributed by atoms with van der Waals surface area (Å²) in [7, 11) is 0. The Morgan fingerprint density at radius 1 is 1.64 bits per heavy atom. The minimum absolute atomic E-state index is 0.795. The van der Waals surface area contributed by atoms with E-state index in [1.165, 1.54) is 0 Å². The van der Waals surface area contributed by atoms with Gasteiger partial charge in [0.2, 0.25) is 0 Å². The fourth-order valence-corrected chi connectivity index (χ4v) is 0.593. The first-order valence-electron chi connectivity index (χ1n) is 3.84. The van der Waals surface area contributed by atoms with Gasteiger partial charge in [-0.05, 0) is 0 Å². The average molecular weight is 213 g/mol. The van der Waals surface area contributed by atoms with Crippen LogP contribution in [0.3, 0.4) is 0 Å². The van der Waals surface area contributed by atoms with Crippen molar-refractivity contribution in [3.63, 3.8) is 0 Å². The largest absolute Gasteiger partial charge is 0.490 e. The number of alkyl halides is 3. The van der Waals surface area contributed by atoms with Crippen molar-refractivity contribution in [3.05, 3.63) is 0 Å². The van der Waals surface area contributed by atoms with E-state index in [9.17, 15) is 13.2 Å². The van der Waals surface area contributed by atoms with Crippen LogP contribution in [0.25, 0.3) is 0 Å². The quantitative estimate of drug-likeness (QED) is 0.717. The maximum atomic E-state index is 10.6. The van der Waals surface area contributed by atoms with Gasteiger partial charge in [0, 0.05) is 6.42 Å². The summed E-state index contributed by atoms with van der Waals surface area (Å²) in [6.07, 6.45) is -4.14. The van der Waals surface area contributed by atoms with Gasteiger partial charge in [-0.15, -0.1) is 0 Å². The number of aliphatic carboxylic acids is 1. The highest BCUT2D eigenvalue weighted by atomic mass is 19.4. The molecule has 0 aromatic heterocycles. The van der Waals surface area contributed by atoms with Crippen LogP contribution in [0.5, 0.6) is 0 Å². The third-order valence-corrected chi connectivity index (χ3v) is 1.19. The summed E-state index contributed by atoms with van der Waals surface area (Å²) in [6.45, 7) is 3.70. The summed E-state index contributed by atoms with van der Waals surface area (Å²) in [5.74, 6) is -1.84. The van der Waals surface area contributed by atoms with Crippen LogP contribution >= 0.6 is 0 Å². The number of rotatable bonds is 1. The lowest BCUT2D eigenvalue weighted by Gasteiger charge is -1.93. The first kappa shape index (κ1) is 12.7. The molecule has 0 aliphatic carbocycles. The molecule has 14 heavy (non-hydrogen) atoms. The lowest BCUT2D eigenvalue weighted by atomic mass is 10.5. The molecule has 0 fully saturated rings. The molecule has 82 valence electrons. The Balaban J connectivity index is 0.000000241. The highest BCUT2D eigenvalue weighted by Gasteiger charge is 2.38. The maximum absolute atomic E-state index is 10.6. The molecule has 4 nitrogen and oxygen atoms in total. The van der Waals surface area contributed by atoms with Gasteiger partial charge in [-0.1, -0.05) is 6.92 Å². The van der Waals surface area contributed by atoms with Crippen LogP contribution in [0.2, 0.25) is 0 Å². The van der Waals surface area contributed by atoms with Gasteiger partial charge in [-0.3, -0.25) is 4.99 Å². The minimum Gasteiger partial charge on any atom is -0.479 e. The number of nitrogens with zero attached hydrogens (tertiary/aromatic N) is 1. The summed E-state index contributed by atoms with van der Waals surface area (Å²) in [4.78, 5) is 12.9. The Kier molecular flexibility index (Phi) is 4.96. The van der Waals surface area contributed by atoms with Crippen molar-refractivity contribution in [1.29, 1.82) is 0 Å². The van der Waals surface area contributed by atoms with Crippen molar-refractivity contribution in [2.75, 3.05) is 13.2 Å². The van der Waals surface area contributed by atoms with Crippen LogP contribution in [0.1, 0.15) is 13.3 Å². The van der Waals surface area contributed by atoms with E-state index in [4.69, 9.17) is 14.6 Å². The molecular weight excluding hydrogens is 203 g/mol. The molecule has 1 rings (SSSR count). The van der Waals surface area contributed by atoms with Gasteiger partial charge in [0.1, 0.15) is 6.61 Å². The molecule has 0 bridgehead atoms. The van der Waals surface area contributed by atoms with Gasteiger partial charge in [0.15, 0.2) is 5.90 Å². The normalized spacial score (nSPS) is 15.0. The van der Waals surface area contributed by atoms with Gasteiger partial charge in [0.05, 0.1) is 6.54 Å². The Hall–Kier alpha value is -1.27. The lowest BCUT2D eigenvalue weighted by Crippen LogP contribution is -2.21. The lowest BCUT2D eigenvalue weighted by molar-refractivity contribution is -0.192. The van der Waals surface area contributed by atoms with Crippen LogP contribution in [0.15, 0.2) is 4.99 Å². The molecule has 0 radical (unpaired) electrons. The van der Waals surface area contributed by atoms with Crippen molar-refractivity contribution < 1.29 is 27.8 Å². The number of hydrogen-bond acceptors (Lipinski definition) is 3. The van der Waals surface area contributed by atoms with E-state index in [1.807, 2.05) is 6.92 Å². The molecule has 0 aromatic rings. The predicted molar refractivity (Wildman–Crippen MR) is 42.2 cm³/mol. The SMILES string of the molecule is CCC1=NCCO1.O=C(O)C(F)(F)F. The van der Waals surface area contributed by atoms with Crippen molar-refractivity contribution in [1.82, 2.24) is 0 Å². The standard InChI is InChI=1S/C5H9NO.C2HF3O2/c1-2-5-6-3-4-7-5;3-2(4,5)1(6)7/h2-4H2,1H3;(H,6,7). The first-order chi connectivity index (χ1) is 6.38. The second-order valence-electron chi connectivity index (χ2n) is 2.28. The zero-order valence-corrected chi connectivity index (χ0v) is 7.47. The number of carbonyl (C=O) groups is 1. The monoisotopic (exact) mass is 213 g/mol. The molecule has 0 aromatic carbocycles. The molecule has 0 unspecified atom stereocenters. The zero-order chi connectivity index (χ0) is 11.2. The minimum atomic E-state index is -5.08. The number of carboxylic acids is 1. The van der Waals surface area contributed by atoms with Crippen molar-refractivity contribution in [2.45, 2.75) is 19.5 Å². The number of aliphatic imine (C=N–C) groups is 1. The second-order valence-corrected chi connectivity index (χ2v) is 2.28. The molecule has 0 atom stereocenters. The Bertz CT molecular complexity index is 225. The van der Waals surface area contributed by atoms with Gasteiger partial charge < -0.3 is 9.84 Å². The van der Waals surface area contributed by atoms with Gasteiger partial charge in [0.25, 0.3) is 0 Å². The van der Waals surface area contributed by atoms with Crippen LogP contribution < -0.4 is 0 Å². The fourth-order valence-electron chi connectivity index (χ4n) is 0.593. The third kappa shape index (κ3) is 5.39. The molecule has 7 heteroatoms. The molecular formula is C7H10F3NO3. The molecule has 1 heterocycles. The molecule has 0 amide bonds. The van der Waals surface area contributed by atoms with Crippen molar-refractivity contribution in [2.24, 2.45) is 4.99 Å². The van der Waals surface area contributed by atoms with E-state index in [0.29, 0.717) is 0 Å². The fraction of sp³-hybridized carbons (Fsp3) is 0.714. The van der Waals surface area contributed by atoms with Crippen LogP contribution in [-0.4, -0.2) is 36.3 Å². The average Bonchev–Trinajstić information content (AvgIpc) is 2.54. The molecule has 0 saturated carbocycles. The summed E-state index contributed by atoms with van der Waals surface area (Å²) in [6, 6.07) is 0. The number of hydrogen-bond donors (Lipinski definition) is 1. The van der Waals surface area contributed by atoms with E-state index in [1.54, 1.807) is 0 Å². The Morgan fingerprint density at radius 3 is 2.29 bits per heavy atom. The Morgan fingerprint density at radius 2 is 2.14 bits per heavy atom. The molecule has 1 aliphatic rings. The van der Waals surface area contributed by atoms with E-state index in [0.717, 1.165) is 25.5 Å². The molecule has 1 N–H and O–H groups in total.